The quantitative estimate of drug-likeness (QED) is 0.0289. The van der Waals surface area contributed by atoms with Crippen LogP contribution in [0.5, 0.6) is 0 Å². The number of esters is 2. The van der Waals surface area contributed by atoms with Crippen LogP contribution in [0.1, 0.15) is 174 Å². The van der Waals surface area contributed by atoms with E-state index in [1.165, 1.54) is 51.4 Å². The number of phosphoric ester groups is 1. The van der Waals surface area contributed by atoms with Crippen LogP contribution in [0.15, 0.2) is 48.6 Å². The highest BCUT2D eigenvalue weighted by Gasteiger charge is 2.22. The van der Waals surface area contributed by atoms with E-state index >= 15 is 0 Å². The summed E-state index contributed by atoms with van der Waals surface area (Å²) in [5.41, 5.74) is 0. The number of unbranched alkanes of at least 4 members (excludes halogenated alkanes) is 17. The molecule has 0 aliphatic rings. The second-order valence-corrected chi connectivity index (χ2v) is 14.1. The Morgan fingerprint density at radius 1 is 0.551 bits per heavy atom. The van der Waals surface area contributed by atoms with E-state index in [-0.39, 0.29) is 19.4 Å². The first kappa shape index (κ1) is 47.0. The van der Waals surface area contributed by atoms with Gasteiger partial charge in [0, 0.05) is 12.8 Å². The minimum Gasteiger partial charge on any atom is -0.462 e. The molecule has 0 fully saturated rings. The molecular weight excluding hydrogens is 639 g/mol. The van der Waals surface area contributed by atoms with Gasteiger partial charge in [0.15, 0.2) is 6.10 Å². The maximum atomic E-state index is 12.4. The van der Waals surface area contributed by atoms with E-state index in [4.69, 9.17) is 19.3 Å². The highest BCUT2D eigenvalue weighted by Crippen LogP contribution is 2.36. The first-order valence-corrected chi connectivity index (χ1v) is 21.0. The lowest BCUT2D eigenvalue weighted by Crippen LogP contribution is -2.29. The van der Waals surface area contributed by atoms with Crippen molar-refractivity contribution >= 4 is 19.8 Å². The highest BCUT2D eigenvalue weighted by atomic mass is 31.2. The summed E-state index contributed by atoms with van der Waals surface area (Å²) in [6.45, 7) is 3.54. The van der Waals surface area contributed by atoms with Gasteiger partial charge in [0.1, 0.15) is 6.61 Å². The molecular formula is C40H71O8P. The Morgan fingerprint density at radius 2 is 0.980 bits per heavy atom. The normalized spacial score (nSPS) is 13.0. The van der Waals surface area contributed by atoms with E-state index in [0.717, 1.165) is 83.5 Å². The third-order valence-electron chi connectivity index (χ3n) is 8.08. The number of hydrogen-bond acceptors (Lipinski definition) is 6. The molecule has 0 amide bonds. The van der Waals surface area contributed by atoms with Crippen LogP contribution in [0, 0.1) is 0 Å². The molecule has 0 aromatic carbocycles. The minimum atomic E-state index is -4.76. The predicted molar refractivity (Wildman–Crippen MR) is 202 cm³/mol. The number of phosphoric acid groups is 1. The van der Waals surface area contributed by atoms with E-state index in [1.54, 1.807) is 0 Å². The van der Waals surface area contributed by atoms with Gasteiger partial charge in [0.2, 0.25) is 0 Å². The molecule has 8 nitrogen and oxygen atoms in total. The fraction of sp³-hybridized carbons (Fsp3) is 0.750. The van der Waals surface area contributed by atoms with E-state index in [9.17, 15) is 14.2 Å². The lowest BCUT2D eigenvalue weighted by Gasteiger charge is -2.18. The topological polar surface area (TPSA) is 119 Å². The van der Waals surface area contributed by atoms with Crippen LogP contribution in [0.4, 0.5) is 0 Å². The van der Waals surface area contributed by atoms with Crippen molar-refractivity contribution in [2.24, 2.45) is 0 Å². The molecule has 0 heterocycles. The highest BCUT2D eigenvalue weighted by molar-refractivity contribution is 7.46. The van der Waals surface area contributed by atoms with Crippen LogP contribution < -0.4 is 0 Å². The maximum Gasteiger partial charge on any atom is 0.469 e. The van der Waals surface area contributed by atoms with Gasteiger partial charge in [-0.05, 0) is 70.6 Å². The number of carbonyl (C=O) groups is 2. The SMILES string of the molecule is CC/C=C\C/C=C\C/C=C\CCCCCCCC(=O)OC[C@H](COP(=O)(O)O)OC(=O)CCCCCCC/C=C\CCCCCCCCC. The number of hydrogen-bond donors (Lipinski definition) is 2. The predicted octanol–water partition coefficient (Wildman–Crippen LogP) is 11.6. The van der Waals surface area contributed by atoms with Crippen LogP contribution in [0.2, 0.25) is 0 Å². The van der Waals surface area contributed by atoms with Crippen molar-refractivity contribution in [2.45, 2.75) is 180 Å². The molecule has 284 valence electrons. The van der Waals surface area contributed by atoms with Gasteiger partial charge < -0.3 is 19.3 Å². The van der Waals surface area contributed by atoms with Gasteiger partial charge in [0.05, 0.1) is 6.61 Å². The summed E-state index contributed by atoms with van der Waals surface area (Å²) in [6.07, 6.45) is 42.6. The van der Waals surface area contributed by atoms with Crippen LogP contribution in [-0.4, -0.2) is 41.0 Å². The molecule has 0 aliphatic carbocycles. The smallest absolute Gasteiger partial charge is 0.462 e. The second kappa shape index (κ2) is 35.8. The van der Waals surface area contributed by atoms with Crippen LogP contribution in [0.3, 0.4) is 0 Å². The maximum absolute atomic E-state index is 12.4. The van der Waals surface area contributed by atoms with Gasteiger partial charge in [-0.25, -0.2) is 4.57 Å². The summed E-state index contributed by atoms with van der Waals surface area (Å²) in [5.74, 6) is -0.916. The summed E-state index contributed by atoms with van der Waals surface area (Å²) in [7, 11) is -4.76. The van der Waals surface area contributed by atoms with Crippen LogP contribution in [0.25, 0.3) is 0 Å². The van der Waals surface area contributed by atoms with E-state index in [0.29, 0.717) is 12.8 Å². The molecule has 0 aliphatic heterocycles. The zero-order valence-electron chi connectivity index (χ0n) is 31.1. The number of allylic oxidation sites excluding steroid dienone is 8. The molecule has 0 spiro atoms. The first-order valence-electron chi connectivity index (χ1n) is 19.4. The summed E-state index contributed by atoms with van der Waals surface area (Å²) >= 11 is 0. The Bertz CT molecular complexity index is 937. The first-order chi connectivity index (χ1) is 23.8. The van der Waals surface area contributed by atoms with Crippen molar-refractivity contribution in [3.63, 3.8) is 0 Å². The van der Waals surface area contributed by atoms with Gasteiger partial charge in [-0.15, -0.1) is 0 Å². The zero-order chi connectivity index (χ0) is 36.1. The standard InChI is InChI=1S/C40H71O8P/c1-3-5-7-9-11-13-15-17-19-21-23-25-27-29-31-33-35-40(42)48-38(37-47-49(43,44)45)36-46-39(41)34-32-30-28-26-24-22-20-18-16-14-12-10-8-6-4-2/h6,8,12,14,18-21,38H,3-5,7,9-11,13,15-17,22-37H2,1-2H3,(H2,43,44,45)/b8-6-,14-12-,20-18-,21-19-/t38-/m1/s1. The van der Waals surface area contributed by atoms with Crippen molar-refractivity contribution in [2.75, 3.05) is 13.2 Å². The Balaban J connectivity index is 4.00. The molecule has 49 heavy (non-hydrogen) atoms. The Labute approximate surface area is 299 Å². The van der Waals surface area contributed by atoms with E-state index in [1.807, 2.05) is 0 Å². The third-order valence-corrected chi connectivity index (χ3v) is 8.57. The van der Waals surface area contributed by atoms with Crippen molar-refractivity contribution in [1.82, 2.24) is 0 Å². The molecule has 0 saturated heterocycles. The lowest BCUT2D eigenvalue weighted by molar-refractivity contribution is -0.161. The fourth-order valence-corrected chi connectivity index (χ4v) is 5.56. The number of carbonyl (C=O) groups excluding carboxylic acids is 2. The van der Waals surface area contributed by atoms with Gasteiger partial charge in [0.25, 0.3) is 0 Å². The fourth-order valence-electron chi connectivity index (χ4n) is 5.20. The second-order valence-electron chi connectivity index (χ2n) is 12.9. The molecule has 0 aromatic heterocycles. The van der Waals surface area contributed by atoms with Crippen molar-refractivity contribution in [3.05, 3.63) is 48.6 Å². The number of rotatable bonds is 35. The molecule has 2 N–H and O–H groups in total. The molecule has 0 unspecified atom stereocenters. The summed E-state index contributed by atoms with van der Waals surface area (Å²) in [5, 5.41) is 0. The van der Waals surface area contributed by atoms with Crippen LogP contribution in [-0.2, 0) is 28.2 Å². The zero-order valence-corrected chi connectivity index (χ0v) is 32.0. The van der Waals surface area contributed by atoms with Gasteiger partial charge in [-0.2, -0.15) is 0 Å². The summed E-state index contributed by atoms with van der Waals surface area (Å²) in [4.78, 5) is 42.7. The van der Waals surface area contributed by atoms with Crippen molar-refractivity contribution < 1.29 is 37.9 Å². The summed E-state index contributed by atoms with van der Waals surface area (Å²) in [6, 6.07) is 0. The largest absolute Gasteiger partial charge is 0.469 e. The number of ether oxygens (including phenoxy) is 2. The summed E-state index contributed by atoms with van der Waals surface area (Å²) < 4.78 is 26.3. The molecule has 0 aromatic rings. The molecule has 9 heteroatoms. The molecule has 0 bridgehead atoms. The third kappa shape index (κ3) is 38.7. The van der Waals surface area contributed by atoms with Gasteiger partial charge >= 0.3 is 19.8 Å². The average molecular weight is 711 g/mol. The molecule has 0 rings (SSSR count). The molecule has 0 saturated carbocycles. The Morgan fingerprint density at radius 3 is 1.49 bits per heavy atom. The van der Waals surface area contributed by atoms with Gasteiger partial charge in [-0.3, -0.25) is 14.1 Å². The lowest BCUT2D eigenvalue weighted by atomic mass is 10.1. The average Bonchev–Trinajstić information content (AvgIpc) is 3.07. The van der Waals surface area contributed by atoms with E-state index < -0.39 is 32.5 Å². The monoisotopic (exact) mass is 710 g/mol. The van der Waals surface area contributed by atoms with Gasteiger partial charge in [-0.1, -0.05) is 140 Å². The Kier molecular flexibility index (Phi) is 34.4. The van der Waals surface area contributed by atoms with E-state index in [2.05, 4.69) is 67.0 Å². The Hall–Kier alpha value is -1.99. The molecule has 0 radical (unpaired) electrons. The molecule has 1 atom stereocenters. The van der Waals surface area contributed by atoms with Crippen molar-refractivity contribution in [1.29, 1.82) is 0 Å². The van der Waals surface area contributed by atoms with Crippen LogP contribution >= 0.6 is 7.82 Å². The van der Waals surface area contributed by atoms with Crippen molar-refractivity contribution in [3.8, 4) is 0 Å². The minimum absolute atomic E-state index is 0.197.